The lowest BCUT2D eigenvalue weighted by atomic mass is 9.83. The Morgan fingerprint density at radius 3 is 2.77 bits per heavy atom. The molecule has 2 aliphatic heterocycles. The van der Waals surface area contributed by atoms with Gasteiger partial charge in [-0.05, 0) is 30.5 Å². The molecule has 130 valence electrons. The molecule has 0 aliphatic carbocycles. The monoisotopic (exact) mass is 379 g/mol. The molecule has 5 rings (SSSR count). The molecule has 0 fully saturated rings. The fraction of sp³-hybridized carbons (Fsp3) is 0.200. The van der Waals surface area contributed by atoms with Crippen molar-refractivity contribution in [3.63, 3.8) is 0 Å². The quantitative estimate of drug-likeness (QED) is 0.718. The van der Waals surface area contributed by atoms with E-state index in [2.05, 4.69) is 35.0 Å². The molecule has 0 spiro atoms. The molecule has 0 radical (unpaired) electrons. The van der Waals surface area contributed by atoms with Crippen LogP contribution < -0.4 is 5.32 Å². The van der Waals surface area contributed by atoms with Gasteiger partial charge in [0.25, 0.3) is 0 Å². The number of aromatic nitrogens is 2. The maximum atomic E-state index is 12.8. The van der Waals surface area contributed by atoms with Gasteiger partial charge in [0.05, 0.1) is 23.1 Å². The van der Waals surface area contributed by atoms with Crippen molar-refractivity contribution in [2.45, 2.75) is 12.8 Å². The van der Waals surface area contributed by atoms with Crippen molar-refractivity contribution >= 4 is 34.7 Å². The van der Waals surface area contributed by atoms with Gasteiger partial charge in [0, 0.05) is 27.5 Å². The molecule has 6 heteroatoms. The molecule has 4 nitrogen and oxygen atoms in total. The van der Waals surface area contributed by atoms with Gasteiger partial charge in [-0.2, -0.15) is 5.10 Å². The summed E-state index contributed by atoms with van der Waals surface area (Å²) >= 11 is 3.38. The number of hydrogen-bond acceptors (Lipinski definition) is 5. The first kappa shape index (κ1) is 15.9. The lowest BCUT2D eigenvalue weighted by Gasteiger charge is -2.32. The van der Waals surface area contributed by atoms with Crippen molar-refractivity contribution < 1.29 is 4.79 Å². The molecule has 1 aromatic carbocycles. The smallest absolute Gasteiger partial charge is 0.171 e. The first-order valence-corrected chi connectivity index (χ1v) is 10.6. The summed E-state index contributed by atoms with van der Waals surface area (Å²) in [6.07, 6.45) is 0. The number of nitrogens with one attached hydrogen (secondary N) is 1. The zero-order valence-electron chi connectivity index (χ0n) is 14.2. The van der Waals surface area contributed by atoms with Crippen LogP contribution in [0.15, 0.2) is 59.1 Å². The van der Waals surface area contributed by atoms with E-state index >= 15 is 0 Å². The number of ketones is 1. The summed E-state index contributed by atoms with van der Waals surface area (Å²) < 4.78 is 1.97. The van der Waals surface area contributed by atoms with E-state index in [0.29, 0.717) is 5.75 Å². The summed E-state index contributed by atoms with van der Waals surface area (Å²) in [6, 6.07) is 14.3. The fourth-order valence-electron chi connectivity index (χ4n) is 3.80. The number of anilines is 1. The van der Waals surface area contributed by atoms with Crippen molar-refractivity contribution in [2.24, 2.45) is 0 Å². The molecule has 0 amide bonds. The number of carbonyl (C=O) groups excluding carboxylic acids is 1. The summed E-state index contributed by atoms with van der Waals surface area (Å²) in [6.45, 7) is 2.04. The van der Waals surface area contributed by atoms with Gasteiger partial charge in [0.15, 0.2) is 5.78 Å². The number of Topliss-reactive ketones (excluding diaryl/α,β-unsaturated/α-hetero) is 1. The van der Waals surface area contributed by atoms with Crippen LogP contribution in [0.25, 0.3) is 5.69 Å². The molecule has 2 aliphatic rings. The van der Waals surface area contributed by atoms with Crippen molar-refractivity contribution in [3.05, 3.63) is 75.2 Å². The number of rotatable bonds is 2. The Morgan fingerprint density at radius 1 is 1.15 bits per heavy atom. The maximum absolute atomic E-state index is 12.8. The summed E-state index contributed by atoms with van der Waals surface area (Å²) in [5.41, 5.74) is 5.07. The third-order valence-corrected chi connectivity index (χ3v) is 6.78. The van der Waals surface area contributed by atoms with Crippen molar-refractivity contribution in [1.29, 1.82) is 0 Å². The van der Waals surface area contributed by atoms with Gasteiger partial charge in [-0.3, -0.25) is 4.79 Å². The zero-order chi connectivity index (χ0) is 17.7. The highest BCUT2D eigenvalue weighted by Crippen LogP contribution is 2.47. The highest BCUT2D eigenvalue weighted by Gasteiger charge is 2.39. The van der Waals surface area contributed by atoms with Crippen LogP contribution in [0.4, 0.5) is 5.82 Å². The summed E-state index contributed by atoms with van der Waals surface area (Å²) in [5, 5.41) is 10.5. The second-order valence-corrected chi connectivity index (χ2v) is 8.44. The van der Waals surface area contributed by atoms with Crippen molar-refractivity contribution in [3.8, 4) is 5.69 Å². The van der Waals surface area contributed by atoms with Crippen LogP contribution in [0, 0.1) is 6.92 Å². The third-order valence-electron chi connectivity index (χ3n) is 4.89. The first-order valence-electron chi connectivity index (χ1n) is 8.53. The largest absolute Gasteiger partial charge is 0.342 e. The number of thioether (sulfide) groups is 1. The number of hydrogen-bond donors (Lipinski definition) is 1. The molecule has 0 saturated carbocycles. The van der Waals surface area contributed by atoms with Gasteiger partial charge < -0.3 is 5.32 Å². The number of nitrogens with zero attached hydrogens (tertiary/aromatic N) is 2. The number of para-hydroxylation sites is 1. The Labute approximate surface area is 159 Å². The number of benzene rings is 1. The highest BCUT2D eigenvalue weighted by atomic mass is 32.2. The number of allylic oxidation sites excluding steroid dienone is 1. The fourth-order valence-corrected chi connectivity index (χ4v) is 5.51. The van der Waals surface area contributed by atoms with Crippen LogP contribution in [0.2, 0.25) is 0 Å². The van der Waals surface area contributed by atoms with Gasteiger partial charge in [-0.25, -0.2) is 4.68 Å². The van der Waals surface area contributed by atoms with Gasteiger partial charge in [-0.1, -0.05) is 24.3 Å². The Hall–Kier alpha value is -2.31. The SMILES string of the molecule is Cc1nn(-c2ccccc2)c2c1C(c1cccs1)C1=C(CSCC1=O)N2. The maximum Gasteiger partial charge on any atom is 0.171 e. The average Bonchev–Trinajstić information content (AvgIpc) is 3.30. The molecular formula is C20H17N3OS2. The molecule has 26 heavy (non-hydrogen) atoms. The average molecular weight is 380 g/mol. The molecule has 1 unspecified atom stereocenters. The van der Waals surface area contributed by atoms with Crippen LogP contribution in [-0.2, 0) is 4.79 Å². The number of fused-ring (bicyclic) bond motifs is 1. The van der Waals surface area contributed by atoms with Gasteiger partial charge in [0.2, 0.25) is 0 Å². The second kappa shape index (κ2) is 6.14. The normalized spacial score (nSPS) is 19.1. The number of aryl methyl sites for hydroxylation is 1. The minimum absolute atomic E-state index is 0.0212. The first-order chi connectivity index (χ1) is 12.7. The standard InChI is InChI=1S/C20H17N3OS2/c1-12-17-19(16-8-5-9-26-16)18-14(10-25-11-15(18)24)21-20(17)23(22-12)13-6-3-2-4-7-13/h2-9,19,21H,10-11H2,1H3. The Bertz CT molecular complexity index is 1020. The lowest BCUT2D eigenvalue weighted by Crippen LogP contribution is -2.29. The predicted octanol–water partition coefficient (Wildman–Crippen LogP) is 4.37. The molecular weight excluding hydrogens is 362 g/mol. The van der Waals surface area contributed by atoms with E-state index in [4.69, 9.17) is 5.10 Å². The van der Waals surface area contributed by atoms with E-state index in [-0.39, 0.29) is 11.7 Å². The number of carbonyl (C=O) groups is 1. The molecule has 0 bridgehead atoms. The summed E-state index contributed by atoms with van der Waals surface area (Å²) in [5.74, 6) is 2.60. The van der Waals surface area contributed by atoms with Crippen molar-refractivity contribution in [2.75, 3.05) is 16.8 Å². The van der Waals surface area contributed by atoms with Crippen LogP contribution in [-0.4, -0.2) is 27.1 Å². The Kier molecular flexibility index (Phi) is 3.76. The van der Waals surface area contributed by atoms with Gasteiger partial charge >= 0.3 is 0 Å². The molecule has 1 atom stereocenters. The number of thiophene rings is 1. The summed E-state index contributed by atoms with van der Waals surface area (Å²) in [4.78, 5) is 14.0. The molecule has 2 aromatic heterocycles. The minimum Gasteiger partial charge on any atom is -0.342 e. The Morgan fingerprint density at radius 2 is 2.00 bits per heavy atom. The van der Waals surface area contributed by atoms with Crippen LogP contribution in [0.3, 0.4) is 0 Å². The second-order valence-electron chi connectivity index (χ2n) is 6.48. The third kappa shape index (κ3) is 2.36. The lowest BCUT2D eigenvalue weighted by molar-refractivity contribution is -0.113. The van der Waals surface area contributed by atoms with E-state index in [0.717, 1.165) is 39.8 Å². The zero-order valence-corrected chi connectivity index (χ0v) is 15.9. The topological polar surface area (TPSA) is 46.9 Å². The Balaban J connectivity index is 1.76. The van der Waals surface area contributed by atoms with E-state index in [1.54, 1.807) is 23.1 Å². The van der Waals surface area contributed by atoms with Crippen molar-refractivity contribution in [1.82, 2.24) is 9.78 Å². The van der Waals surface area contributed by atoms with E-state index in [9.17, 15) is 4.79 Å². The summed E-state index contributed by atoms with van der Waals surface area (Å²) in [7, 11) is 0. The van der Waals surface area contributed by atoms with Crippen LogP contribution in [0.5, 0.6) is 0 Å². The molecule has 1 N–H and O–H groups in total. The molecule has 3 aromatic rings. The van der Waals surface area contributed by atoms with E-state index in [1.165, 1.54) is 4.88 Å². The van der Waals surface area contributed by atoms with Gasteiger partial charge in [-0.15, -0.1) is 23.1 Å². The van der Waals surface area contributed by atoms with E-state index < -0.39 is 0 Å². The molecule has 4 heterocycles. The van der Waals surface area contributed by atoms with Crippen LogP contribution in [0.1, 0.15) is 22.1 Å². The van der Waals surface area contributed by atoms with E-state index in [1.807, 2.05) is 29.8 Å². The molecule has 0 saturated heterocycles. The minimum atomic E-state index is -0.0212. The van der Waals surface area contributed by atoms with Crippen LogP contribution >= 0.6 is 23.1 Å². The predicted molar refractivity (Wildman–Crippen MR) is 107 cm³/mol. The highest BCUT2D eigenvalue weighted by molar-refractivity contribution is 8.00. The van der Waals surface area contributed by atoms with Gasteiger partial charge in [0.1, 0.15) is 5.82 Å².